The Hall–Kier alpha value is -1.03. The van der Waals surface area contributed by atoms with Gasteiger partial charge in [-0.2, -0.15) is 0 Å². The summed E-state index contributed by atoms with van der Waals surface area (Å²) in [5.74, 6) is 0. The average Bonchev–Trinajstić information content (AvgIpc) is 2.34. The number of halogens is 2. The minimum absolute atomic E-state index is 0.457. The molecule has 0 radical (unpaired) electrons. The Morgan fingerprint density at radius 2 is 1.89 bits per heavy atom. The van der Waals surface area contributed by atoms with E-state index in [0.717, 1.165) is 0 Å². The normalized spacial score (nSPS) is 9.67. The van der Waals surface area contributed by atoms with Crippen molar-refractivity contribution in [3.8, 4) is 0 Å². The van der Waals surface area contributed by atoms with Gasteiger partial charge in [0.15, 0.2) is 5.11 Å². The standard InChI is InChI=1S/C13H14Cl2N2S/c1-3-8-17(9-4-2)13(18)16-11-7-5-6-10(14)12(11)15/h3-7H,1-2,8-9H2,(H,16,18). The van der Waals surface area contributed by atoms with Crippen molar-refractivity contribution in [2.75, 3.05) is 18.4 Å². The summed E-state index contributed by atoms with van der Waals surface area (Å²) in [6.45, 7) is 8.66. The number of benzene rings is 1. The van der Waals surface area contributed by atoms with Crippen molar-refractivity contribution < 1.29 is 0 Å². The summed E-state index contributed by atoms with van der Waals surface area (Å²) in [6.07, 6.45) is 3.55. The van der Waals surface area contributed by atoms with Gasteiger partial charge >= 0.3 is 0 Å². The first kappa shape index (κ1) is 15.0. The number of rotatable bonds is 5. The maximum absolute atomic E-state index is 6.08. The van der Waals surface area contributed by atoms with Gasteiger partial charge in [-0.3, -0.25) is 0 Å². The predicted octanol–water partition coefficient (Wildman–Crippen LogP) is 4.36. The van der Waals surface area contributed by atoms with Crippen LogP contribution in [-0.4, -0.2) is 23.1 Å². The molecule has 0 spiro atoms. The second-order valence-electron chi connectivity index (χ2n) is 3.51. The number of anilines is 1. The maximum atomic E-state index is 6.08. The third-order valence-electron chi connectivity index (χ3n) is 2.18. The molecule has 5 heteroatoms. The Kier molecular flexibility index (Phi) is 6.19. The number of nitrogens with zero attached hydrogens (tertiary/aromatic N) is 1. The third-order valence-corrected chi connectivity index (χ3v) is 3.36. The summed E-state index contributed by atoms with van der Waals surface area (Å²) >= 11 is 17.3. The van der Waals surface area contributed by atoms with Crippen molar-refractivity contribution in [2.45, 2.75) is 0 Å². The van der Waals surface area contributed by atoms with Crippen LogP contribution in [0.15, 0.2) is 43.5 Å². The van der Waals surface area contributed by atoms with Crippen molar-refractivity contribution in [1.82, 2.24) is 4.90 Å². The maximum Gasteiger partial charge on any atom is 0.174 e. The summed E-state index contributed by atoms with van der Waals surface area (Å²) in [5.41, 5.74) is 0.687. The number of nitrogens with one attached hydrogen (secondary N) is 1. The van der Waals surface area contributed by atoms with Crippen LogP contribution in [0.3, 0.4) is 0 Å². The van der Waals surface area contributed by atoms with Gasteiger partial charge in [0.2, 0.25) is 0 Å². The molecule has 0 unspecified atom stereocenters. The van der Waals surface area contributed by atoms with Crippen molar-refractivity contribution in [2.24, 2.45) is 0 Å². The minimum Gasteiger partial charge on any atom is -0.342 e. The molecule has 0 aliphatic heterocycles. The molecule has 96 valence electrons. The summed E-state index contributed by atoms with van der Waals surface area (Å²) in [6, 6.07) is 5.36. The van der Waals surface area contributed by atoms with Crippen LogP contribution in [0.25, 0.3) is 0 Å². The Morgan fingerprint density at radius 3 is 2.44 bits per heavy atom. The molecule has 1 rings (SSSR count). The number of thiocarbonyl (C=S) groups is 1. The van der Waals surface area contributed by atoms with Crippen LogP contribution in [0.5, 0.6) is 0 Å². The highest BCUT2D eigenvalue weighted by Gasteiger charge is 2.10. The van der Waals surface area contributed by atoms with Gasteiger partial charge < -0.3 is 10.2 Å². The second kappa shape index (κ2) is 7.41. The van der Waals surface area contributed by atoms with E-state index in [1.165, 1.54) is 0 Å². The molecule has 0 fully saturated rings. The van der Waals surface area contributed by atoms with Crippen LogP contribution < -0.4 is 5.32 Å². The molecule has 0 saturated heterocycles. The van der Waals surface area contributed by atoms with Crippen molar-refractivity contribution in [3.63, 3.8) is 0 Å². The lowest BCUT2D eigenvalue weighted by Gasteiger charge is -2.23. The van der Waals surface area contributed by atoms with Gasteiger partial charge in [0.25, 0.3) is 0 Å². The fourth-order valence-corrected chi connectivity index (χ4v) is 1.95. The summed E-state index contributed by atoms with van der Waals surface area (Å²) in [5, 5.41) is 4.57. The van der Waals surface area contributed by atoms with Crippen LogP contribution in [0.1, 0.15) is 0 Å². The largest absolute Gasteiger partial charge is 0.342 e. The first-order valence-corrected chi connectivity index (χ1v) is 6.48. The molecule has 1 aromatic carbocycles. The van der Waals surface area contributed by atoms with Gasteiger partial charge in [-0.05, 0) is 24.4 Å². The predicted molar refractivity (Wildman–Crippen MR) is 84.6 cm³/mol. The van der Waals surface area contributed by atoms with Crippen LogP contribution in [-0.2, 0) is 0 Å². The smallest absolute Gasteiger partial charge is 0.174 e. The van der Waals surface area contributed by atoms with Crippen LogP contribution in [0.4, 0.5) is 5.69 Å². The monoisotopic (exact) mass is 300 g/mol. The zero-order valence-electron chi connectivity index (χ0n) is 9.83. The zero-order chi connectivity index (χ0) is 13.5. The van der Waals surface area contributed by atoms with Gasteiger partial charge in [-0.1, -0.05) is 41.4 Å². The van der Waals surface area contributed by atoms with E-state index < -0.39 is 0 Å². The second-order valence-corrected chi connectivity index (χ2v) is 4.69. The van der Waals surface area contributed by atoms with E-state index in [2.05, 4.69) is 18.5 Å². The highest BCUT2D eigenvalue weighted by Crippen LogP contribution is 2.29. The van der Waals surface area contributed by atoms with Crippen LogP contribution in [0.2, 0.25) is 10.0 Å². The molecule has 1 aromatic rings. The van der Waals surface area contributed by atoms with Gasteiger partial charge in [0, 0.05) is 13.1 Å². The lowest BCUT2D eigenvalue weighted by Crippen LogP contribution is -2.35. The summed E-state index contributed by atoms with van der Waals surface area (Å²) in [7, 11) is 0. The molecule has 0 aliphatic rings. The average molecular weight is 301 g/mol. The van der Waals surface area contributed by atoms with Gasteiger partial charge in [-0.15, -0.1) is 13.2 Å². The molecule has 2 nitrogen and oxygen atoms in total. The van der Waals surface area contributed by atoms with E-state index in [0.29, 0.717) is 33.9 Å². The van der Waals surface area contributed by atoms with Gasteiger partial charge in [-0.25, -0.2) is 0 Å². The molecule has 0 atom stereocenters. The number of hydrogen-bond donors (Lipinski definition) is 1. The SMILES string of the molecule is C=CCN(CC=C)C(=S)Nc1cccc(Cl)c1Cl. The molecule has 18 heavy (non-hydrogen) atoms. The van der Waals surface area contributed by atoms with E-state index in [9.17, 15) is 0 Å². The number of hydrogen-bond acceptors (Lipinski definition) is 1. The molecule has 0 saturated carbocycles. The van der Waals surface area contributed by atoms with Crippen molar-refractivity contribution in [3.05, 3.63) is 53.6 Å². The molecular weight excluding hydrogens is 287 g/mol. The fourth-order valence-electron chi connectivity index (χ4n) is 1.35. The summed E-state index contributed by atoms with van der Waals surface area (Å²) < 4.78 is 0. The van der Waals surface area contributed by atoms with E-state index in [1.807, 2.05) is 17.0 Å². The highest BCUT2D eigenvalue weighted by atomic mass is 35.5. The van der Waals surface area contributed by atoms with E-state index in [1.54, 1.807) is 18.2 Å². The highest BCUT2D eigenvalue weighted by molar-refractivity contribution is 7.80. The molecule has 0 aliphatic carbocycles. The molecule has 0 bridgehead atoms. The quantitative estimate of drug-likeness (QED) is 0.642. The van der Waals surface area contributed by atoms with Gasteiger partial charge in [0.05, 0.1) is 15.7 Å². The topological polar surface area (TPSA) is 15.3 Å². The molecular formula is C13H14Cl2N2S. The van der Waals surface area contributed by atoms with E-state index >= 15 is 0 Å². The Morgan fingerprint density at radius 1 is 1.28 bits per heavy atom. The first-order chi connectivity index (χ1) is 8.60. The van der Waals surface area contributed by atoms with Crippen LogP contribution >= 0.6 is 35.4 Å². The molecule has 0 heterocycles. The Balaban J connectivity index is 2.81. The van der Waals surface area contributed by atoms with E-state index in [4.69, 9.17) is 35.4 Å². The molecule has 0 aromatic heterocycles. The zero-order valence-corrected chi connectivity index (χ0v) is 12.2. The molecule has 0 amide bonds. The Bertz CT molecular complexity index is 450. The Labute approximate surface area is 123 Å². The summed E-state index contributed by atoms with van der Waals surface area (Å²) in [4.78, 5) is 1.91. The lowest BCUT2D eigenvalue weighted by atomic mass is 10.3. The van der Waals surface area contributed by atoms with E-state index in [-0.39, 0.29) is 0 Å². The van der Waals surface area contributed by atoms with Crippen molar-refractivity contribution >= 4 is 46.2 Å². The molecule has 1 N–H and O–H groups in total. The van der Waals surface area contributed by atoms with Gasteiger partial charge in [0.1, 0.15) is 0 Å². The lowest BCUT2D eigenvalue weighted by molar-refractivity contribution is 0.522. The third kappa shape index (κ3) is 4.02. The minimum atomic E-state index is 0.457. The van der Waals surface area contributed by atoms with Crippen LogP contribution in [0, 0.1) is 0 Å². The first-order valence-electron chi connectivity index (χ1n) is 5.32. The van der Waals surface area contributed by atoms with Crippen molar-refractivity contribution in [1.29, 1.82) is 0 Å². The fraction of sp³-hybridized carbons (Fsp3) is 0.154.